The first-order valence-corrected chi connectivity index (χ1v) is 7.09. The third-order valence-corrected chi connectivity index (χ3v) is 3.65. The van der Waals surface area contributed by atoms with Crippen molar-refractivity contribution in [3.05, 3.63) is 0 Å². The van der Waals surface area contributed by atoms with Gasteiger partial charge >= 0.3 is 0 Å². The molecule has 0 aromatic rings. The second-order valence-electron chi connectivity index (χ2n) is 7.76. The molecule has 0 amide bonds. The van der Waals surface area contributed by atoms with Crippen LogP contribution in [0.4, 0.5) is 0 Å². The fourth-order valence-corrected chi connectivity index (χ4v) is 3.18. The molecule has 0 bridgehead atoms. The van der Waals surface area contributed by atoms with E-state index in [1.165, 1.54) is 19.3 Å². The molecule has 102 valence electrons. The zero-order chi connectivity index (χ0) is 13.2. The van der Waals surface area contributed by atoms with Gasteiger partial charge < -0.3 is 10.4 Å². The quantitative estimate of drug-likeness (QED) is 0.789. The molecule has 0 aromatic heterocycles. The van der Waals surface area contributed by atoms with Gasteiger partial charge in [0.25, 0.3) is 0 Å². The van der Waals surface area contributed by atoms with E-state index < -0.39 is 5.60 Å². The van der Waals surface area contributed by atoms with Crippen molar-refractivity contribution in [3.63, 3.8) is 0 Å². The summed E-state index contributed by atoms with van der Waals surface area (Å²) in [6, 6.07) is 0. The number of β-amino-alcohol motifs (C(OH)–C–C–N with tert-alkyl or cyclic N) is 1. The van der Waals surface area contributed by atoms with E-state index in [2.05, 4.69) is 39.9 Å². The summed E-state index contributed by atoms with van der Waals surface area (Å²) in [5, 5.41) is 14.0. The van der Waals surface area contributed by atoms with Crippen LogP contribution in [0.1, 0.15) is 73.1 Å². The summed E-state index contributed by atoms with van der Waals surface area (Å²) in [5.74, 6) is 0. The van der Waals surface area contributed by atoms with Crippen LogP contribution in [-0.4, -0.2) is 22.8 Å². The molecule has 0 heterocycles. The van der Waals surface area contributed by atoms with E-state index in [1.807, 2.05) is 0 Å². The van der Waals surface area contributed by atoms with Gasteiger partial charge in [0.05, 0.1) is 5.60 Å². The van der Waals surface area contributed by atoms with Crippen molar-refractivity contribution in [2.75, 3.05) is 6.54 Å². The minimum Gasteiger partial charge on any atom is -0.389 e. The van der Waals surface area contributed by atoms with Crippen LogP contribution in [0.15, 0.2) is 0 Å². The molecule has 0 atom stereocenters. The molecule has 2 nitrogen and oxygen atoms in total. The summed E-state index contributed by atoms with van der Waals surface area (Å²) >= 11 is 0. The lowest BCUT2D eigenvalue weighted by Gasteiger charge is -2.39. The Balaban J connectivity index is 2.42. The van der Waals surface area contributed by atoms with E-state index in [0.717, 1.165) is 25.8 Å². The number of aliphatic hydroxyl groups is 1. The van der Waals surface area contributed by atoms with Crippen LogP contribution in [0.25, 0.3) is 0 Å². The average molecular weight is 241 g/mol. The second-order valence-corrected chi connectivity index (χ2v) is 7.76. The summed E-state index contributed by atoms with van der Waals surface area (Å²) in [5.41, 5.74) is -0.0233. The van der Waals surface area contributed by atoms with Crippen LogP contribution >= 0.6 is 0 Å². The van der Waals surface area contributed by atoms with E-state index in [-0.39, 0.29) is 5.54 Å². The van der Waals surface area contributed by atoms with Gasteiger partial charge in [0.2, 0.25) is 0 Å². The lowest BCUT2D eigenvalue weighted by Crippen LogP contribution is -2.51. The lowest BCUT2D eigenvalue weighted by molar-refractivity contribution is -0.00258. The van der Waals surface area contributed by atoms with E-state index >= 15 is 0 Å². The number of rotatable bonds is 4. The molecule has 1 aliphatic carbocycles. The molecule has 0 aliphatic heterocycles. The molecule has 2 N–H and O–H groups in total. The summed E-state index contributed by atoms with van der Waals surface area (Å²) in [6.07, 6.45) is 6.69. The highest BCUT2D eigenvalue weighted by Crippen LogP contribution is 2.30. The van der Waals surface area contributed by atoms with Gasteiger partial charge in [-0.05, 0) is 38.5 Å². The van der Waals surface area contributed by atoms with E-state index in [1.54, 1.807) is 0 Å². The maximum atomic E-state index is 10.5. The Kier molecular flexibility index (Phi) is 4.65. The van der Waals surface area contributed by atoms with Crippen LogP contribution in [0.3, 0.4) is 0 Å². The first kappa shape index (κ1) is 15.0. The van der Waals surface area contributed by atoms with Gasteiger partial charge in [0, 0.05) is 12.1 Å². The van der Waals surface area contributed by atoms with Crippen LogP contribution in [-0.2, 0) is 0 Å². The first-order valence-electron chi connectivity index (χ1n) is 7.09. The molecule has 0 aromatic carbocycles. The van der Waals surface area contributed by atoms with Crippen LogP contribution < -0.4 is 5.32 Å². The fourth-order valence-electron chi connectivity index (χ4n) is 3.18. The Morgan fingerprint density at radius 1 is 1.00 bits per heavy atom. The predicted octanol–water partition coefficient (Wildman–Crippen LogP) is 3.49. The van der Waals surface area contributed by atoms with Crippen molar-refractivity contribution in [1.29, 1.82) is 0 Å². The monoisotopic (exact) mass is 241 g/mol. The minimum atomic E-state index is -0.451. The predicted molar refractivity (Wildman–Crippen MR) is 74.2 cm³/mol. The molecule has 1 fully saturated rings. The van der Waals surface area contributed by atoms with Crippen molar-refractivity contribution < 1.29 is 5.11 Å². The van der Waals surface area contributed by atoms with E-state index in [4.69, 9.17) is 0 Å². The molecule has 0 radical (unpaired) electrons. The Bertz CT molecular complexity index is 234. The summed E-state index contributed by atoms with van der Waals surface area (Å²) < 4.78 is 0. The molecule has 0 unspecified atom stereocenters. The molecule has 0 saturated heterocycles. The zero-order valence-corrected chi connectivity index (χ0v) is 12.4. The van der Waals surface area contributed by atoms with Gasteiger partial charge in [0.1, 0.15) is 0 Å². The number of hydrogen-bond acceptors (Lipinski definition) is 2. The highest BCUT2D eigenvalue weighted by molar-refractivity contribution is 4.90. The number of hydrogen-bond donors (Lipinski definition) is 2. The van der Waals surface area contributed by atoms with Gasteiger partial charge in [-0.15, -0.1) is 0 Å². The molecular weight excluding hydrogens is 210 g/mol. The zero-order valence-electron chi connectivity index (χ0n) is 12.4. The third-order valence-electron chi connectivity index (χ3n) is 3.65. The van der Waals surface area contributed by atoms with E-state index in [0.29, 0.717) is 5.41 Å². The Labute approximate surface area is 107 Å². The van der Waals surface area contributed by atoms with Crippen LogP contribution in [0.2, 0.25) is 0 Å². The fraction of sp³-hybridized carbons (Fsp3) is 1.00. The van der Waals surface area contributed by atoms with E-state index in [9.17, 15) is 5.11 Å². The molecule has 2 heteroatoms. The highest BCUT2D eigenvalue weighted by Gasteiger charge is 2.32. The second kappa shape index (κ2) is 5.27. The van der Waals surface area contributed by atoms with Crippen molar-refractivity contribution in [3.8, 4) is 0 Å². The van der Waals surface area contributed by atoms with Crippen LogP contribution in [0, 0.1) is 5.41 Å². The summed E-state index contributed by atoms with van der Waals surface area (Å²) in [7, 11) is 0. The van der Waals surface area contributed by atoms with Gasteiger partial charge in [0.15, 0.2) is 0 Å². The molecule has 1 aliphatic rings. The van der Waals surface area contributed by atoms with Gasteiger partial charge in [-0.1, -0.05) is 40.0 Å². The maximum Gasteiger partial charge on any atom is 0.0771 e. The SMILES string of the molecule is CC(C)(C)CC(C)(C)NCC1(O)CCCCC1. The third kappa shape index (κ3) is 5.87. The lowest BCUT2D eigenvalue weighted by atomic mass is 9.80. The van der Waals surface area contributed by atoms with Crippen molar-refractivity contribution in [2.24, 2.45) is 5.41 Å². The standard InChI is InChI=1S/C15H31NO/c1-13(2,3)11-14(4,5)16-12-15(17)9-7-6-8-10-15/h16-17H,6-12H2,1-5H3. The smallest absolute Gasteiger partial charge is 0.0771 e. The average Bonchev–Trinajstić information content (AvgIpc) is 2.13. The van der Waals surface area contributed by atoms with Crippen molar-refractivity contribution in [2.45, 2.75) is 84.3 Å². The minimum absolute atomic E-state index is 0.103. The summed E-state index contributed by atoms with van der Waals surface area (Å²) in [4.78, 5) is 0. The van der Waals surface area contributed by atoms with Crippen molar-refractivity contribution >= 4 is 0 Å². The largest absolute Gasteiger partial charge is 0.389 e. The highest BCUT2D eigenvalue weighted by atomic mass is 16.3. The Morgan fingerprint density at radius 3 is 2.00 bits per heavy atom. The molecule has 1 saturated carbocycles. The van der Waals surface area contributed by atoms with Crippen molar-refractivity contribution in [1.82, 2.24) is 5.32 Å². The van der Waals surface area contributed by atoms with Gasteiger partial charge in [-0.3, -0.25) is 0 Å². The molecule has 0 spiro atoms. The molecule has 1 rings (SSSR count). The topological polar surface area (TPSA) is 32.3 Å². The first-order chi connectivity index (χ1) is 7.62. The van der Waals surface area contributed by atoms with Gasteiger partial charge in [-0.2, -0.15) is 0 Å². The maximum absolute atomic E-state index is 10.5. The number of nitrogens with one attached hydrogen (secondary N) is 1. The Morgan fingerprint density at radius 2 is 1.53 bits per heavy atom. The molecular formula is C15H31NO. The molecule has 17 heavy (non-hydrogen) atoms. The van der Waals surface area contributed by atoms with Gasteiger partial charge in [-0.25, -0.2) is 0 Å². The summed E-state index contributed by atoms with van der Waals surface area (Å²) in [6.45, 7) is 12.0. The normalized spacial score (nSPS) is 21.5. The Hall–Kier alpha value is -0.0800. The van der Waals surface area contributed by atoms with Crippen LogP contribution in [0.5, 0.6) is 0 Å².